The van der Waals surface area contributed by atoms with Gasteiger partial charge in [0.2, 0.25) is 0 Å². The molecule has 0 amide bonds. The molecule has 1 aliphatic rings. The van der Waals surface area contributed by atoms with E-state index in [9.17, 15) is 5.11 Å². The highest BCUT2D eigenvalue weighted by Crippen LogP contribution is 2.35. The van der Waals surface area contributed by atoms with Crippen molar-refractivity contribution in [3.05, 3.63) is 53.6 Å². The highest BCUT2D eigenvalue weighted by Gasteiger charge is 2.18. The molecule has 0 atom stereocenters. The summed E-state index contributed by atoms with van der Waals surface area (Å²) in [6.07, 6.45) is 2.25. The third-order valence-electron chi connectivity index (χ3n) is 3.53. The summed E-state index contributed by atoms with van der Waals surface area (Å²) < 4.78 is 0. The molecule has 2 aromatic rings. The van der Waals surface area contributed by atoms with E-state index in [1.165, 1.54) is 16.8 Å². The van der Waals surface area contributed by atoms with Crippen molar-refractivity contribution in [2.45, 2.75) is 19.8 Å². The van der Waals surface area contributed by atoms with Gasteiger partial charge >= 0.3 is 0 Å². The number of fused-ring (bicyclic) bond motifs is 1. The largest absolute Gasteiger partial charge is 0.508 e. The van der Waals surface area contributed by atoms with E-state index in [0.29, 0.717) is 5.75 Å². The molecular formula is C16H17NO. The van der Waals surface area contributed by atoms with E-state index < -0.39 is 0 Å². The van der Waals surface area contributed by atoms with Gasteiger partial charge in [-0.1, -0.05) is 23.8 Å². The van der Waals surface area contributed by atoms with Gasteiger partial charge in [-0.2, -0.15) is 0 Å². The van der Waals surface area contributed by atoms with Crippen LogP contribution in [0.25, 0.3) is 0 Å². The van der Waals surface area contributed by atoms with Gasteiger partial charge in [-0.05, 0) is 43.5 Å². The summed E-state index contributed by atoms with van der Waals surface area (Å²) in [6, 6.07) is 14.2. The lowest BCUT2D eigenvalue weighted by Crippen LogP contribution is -2.24. The predicted molar refractivity (Wildman–Crippen MR) is 74.6 cm³/mol. The first-order valence-corrected chi connectivity index (χ1v) is 6.40. The quantitative estimate of drug-likeness (QED) is 0.818. The zero-order valence-corrected chi connectivity index (χ0v) is 10.6. The Morgan fingerprint density at radius 2 is 1.83 bits per heavy atom. The summed E-state index contributed by atoms with van der Waals surface area (Å²) in [4.78, 5) is 2.29. The highest BCUT2D eigenvalue weighted by molar-refractivity contribution is 5.69. The van der Waals surface area contributed by atoms with Gasteiger partial charge in [0.1, 0.15) is 5.75 Å². The molecule has 0 spiro atoms. The molecule has 1 heterocycles. The molecule has 18 heavy (non-hydrogen) atoms. The Hall–Kier alpha value is -1.96. The van der Waals surface area contributed by atoms with Gasteiger partial charge in [0.15, 0.2) is 0 Å². The Kier molecular flexibility index (Phi) is 2.71. The SMILES string of the molecule is Cc1ccc(N2CCCc3ccc(O)cc32)cc1. The number of hydrogen-bond donors (Lipinski definition) is 1. The second kappa shape index (κ2) is 4.37. The van der Waals surface area contributed by atoms with Crippen molar-refractivity contribution in [3.8, 4) is 5.75 Å². The lowest BCUT2D eigenvalue weighted by Gasteiger charge is -2.31. The summed E-state index contributed by atoms with van der Waals surface area (Å²) in [7, 11) is 0. The number of benzene rings is 2. The summed E-state index contributed by atoms with van der Waals surface area (Å²) in [5, 5.41) is 9.67. The van der Waals surface area contributed by atoms with Crippen molar-refractivity contribution in [2.75, 3.05) is 11.4 Å². The fourth-order valence-electron chi connectivity index (χ4n) is 2.56. The maximum absolute atomic E-state index is 9.67. The zero-order valence-electron chi connectivity index (χ0n) is 10.6. The van der Waals surface area contributed by atoms with Crippen molar-refractivity contribution in [2.24, 2.45) is 0 Å². The van der Waals surface area contributed by atoms with E-state index in [1.54, 1.807) is 6.07 Å². The van der Waals surface area contributed by atoms with Gasteiger partial charge in [0.25, 0.3) is 0 Å². The molecule has 0 saturated heterocycles. The van der Waals surface area contributed by atoms with Crippen LogP contribution in [0.15, 0.2) is 42.5 Å². The molecule has 0 aliphatic carbocycles. The third kappa shape index (κ3) is 1.94. The molecule has 0 aromatic heterocycles. The van der Waals surface area contributed by atoms with E-state index >= 15 is 0 Å². The number of rotatable bonds is 1. The molecule has 0 saturated carbocycles. The third-order valence-corrected chi connectivity index (χ3v) is 3.53. The number of phenols is 1. The normalized spacial score (nSPS) is 14.4. The fraction of sp³-hybridized carbons (Fsp3) is 0.250. The standard InChI is InChI=1S/C16H17NO/c1-12-4-7-14(8-5-12)17-10-2-3-13-6-9-15(18)11-16(13)17/h4-9,11,18H,2-3,10H2,1H3. The molecule has 0 radical (unpaired) electrons. The van der Waals surface area contributed by atoms with Crippen molar-refractivity contribution >= 4 is 11.4 Å². The number of anilines is 2. The lowest BCUT2D eigenvalue weighted by molar-refractivity contribution is 0.475. The van der Waals surface area contributed by atoms with Crippen LogP contribution in [0.1, 0.15) is 17.5 Å². The van der Waals surface area contributed by atoms with Gasteiger partial charge < -0.3 is 10.0 Å². The average Bonchev–Trinajstić information content (AvgIpc) is 2.39. The van der Waals surface area contributed by atoms with Crippen LogP contribution in [0.5, 0.6) is 5.75 Å². The maximum atomic E-state index is 9.67. The molecule has 0 unspecified atom stereocenters. The first kappa shape index (κ1) is 11.1. The lowest BCUT2D eigenvalue weighted by atomic mass is 10.0. The summed E-state index contributed by atoms with van der Waals surface area (Å²) in [6.45, 7) is 3.11. The zero-order chi connectivity index (χ0) is 12.5. The van der Waals surface area contributed by atoms with Crippen molar-refractivity contribution < 1.29 is 5.11 Å². The smallest absolute Gasteiger partial charge is 0.117 e. The minimum Gasteiger partial charge on any atom is -0.508 e. The average molecular weight is 239 g/mol. The number of nitrogens with zero attached hydrogens (tertiary/aromatic N) is 1. The first-order chi connectivity index (χ1) is 8.74. The van der Waals surface area contributed by atoms with Crippen LogP contribution >= 0.6 is 0 Å². The Morgan fingerprint density at radius 1 is 1.06 bits per heavy atom. The monoisotopic (exact) mass is 239 g/mol. The van der Waals surface area contributed by atoms with Crippen molar-refractivity contribution in [1.82, 2.24) is 0 Å². The molecule has 92 valence electrons. The molecule has 3 rings (SSSR count). The molecule has 1 N–H and O–H groups in total. The van der Waals surface area contributed by atoms with Gasteiger partial charge in [-0.3, -0.25) is 0 Å². The Bertz CT molecular complexity index is 560. The van der Waals surface area contributed by atoms with E-state index in [2.05, 4.69) is 36.1 Å². The maximum Gasteiger partial charge on any atom is 0.117 e. The van der Waals surface area contributed by atoms with Crippen LogP contribution in [0.4, 0.5) is 11.4 Å². The molecule has 0 bridgehead atoms. The molecular weight excluding hydrogens is 222 g/mol. The summed E-state index contributed by atoms with van der Waals surface area (Å²) in [5.74, 6) is 0.341. The van der Waals surface area contributed by atoms with Crippen LogP contribution in [0.2, 0.25) is 0 Å². The van der Waals surface area contributed by atoms with Crippen LogP contribution in [-0.4, -0.2) is 11.7 Å². The summed E-state index contributed by atoms with van der Waals surface area (Å²) >= 11 is 0. The van der Waals surface area contributed by atoms with E-state index in [0.717, 1.165) is 25.1 Å². The number of hydrogen-bond acceptors (Lipinski definition) is 2. The second-order valence-corrected chi connectivity index (χ2v) is 4.90. The second-order valence-electron chi connectivity index (χ2n) is 4.90. The van der Waals surface area contributed by atoms with Gasteiger partial charge in [-0.25, -0.2) is 0 Å². The minimum absolute atomic E-state index is 0.341. The Balaban J connectivity index is 2.05. The summed E-state index contributed by atoms with van der Waals surface area (Å²) in [5.41, 5.74) is 4.93. The molecule has 2 nitrogen and oxygen atoms in total. The van der Waals surface area contributed by atoms with Crippen molar-refractivity contribution in [1.29, 1.82) is 0 Å². The Labute approximate surface area is 107 Å². The Morgan fingerprint density at radius 3 is 2.61 bits per heavy atom. The van der Waals surface area contributed by atoms with Crippen LogP contribution in [-0.2, 0) is 6.42 Å². The van der Waals surface area contributed by atoms with Gasteiger partial charge in [-0.15, -0.1) is 0 Å². The molecule has 0 fully saturated rings. The highest BCUT2D eigenvalue weighted by atomic mass is 16.3. The minimum atomic E-state index is 0.341. The predicted octanol–water partition coefficient (Wildman–Crippen LogP) is 3.78. The fourth-order valence-corrected chi connectivity index (χ4v) is 2.56. The number of aromatic hydroxyl groups is 1. The topological polar surface area (TPSA) is 23.5 Å². The van der Waals surface area contributed by atoms with Crippen molar-refractivity contribution in [3.63, 3.8) is 0 Å². The van der Waals surface area contributed by atoms with Crippen LogP contribution in [0.3, 0.4) is 0 Å². The molecule has 1 aliphatic heterocycles. The van der Waals surface area contributed by atoms with Crippen LogP contribution in [0, 0.1) is 6.92 Å². The van der Waals surface area contributed by atoms with E-state index in [-0.39, 0.29) is 0 Å². The number of aryl methyl sites for hydroxylation is 2. The number of phenolic OH excluding ortho intramolecular Hbond substituents is 1. The van der Waals surface area contributed by atoms with E-state index in [4.69, 9.17) is 0 Å². The van der Waals surface area contributed by atoms with Gasteiger partial charge in [0, 0.05) is 24.0 Å². The van der Waals surface area contributed by atoms with Crippen LogP contribution < -0.4 is 4.90 Å². The molecule has 2 heteroatoms. The van der Waals surface area contributed by atoms with E-state index in [1.807, 2.05) is 12.1 Å². The van der Waals surface area contributed by atoms with Gasteiger partial charge in [0.05, 0.1) is 0 Å². The molecule has 2 aromatic carbocycles. The first-order valence-electron chi connectivity index (χ1n) is 6.40.